The predicted octanol–water partition coefficient (Wildman–Crippen LogP) is 3.27. The van der Waals surface area contributed by atoms with Crippen molar-refractivity contribution in [1.29, 1.82) is 0 Å². The average molecular weight is 350 g/mol. The molecule has 6 nitrogen and oxygen atoms in total. The number of hydrogen-bond acceptors (Lipinski definition) is 5. The van der Waals surface area contributed by atoms with Gasteiger partial charge in [0.05, 0.1) is 5.92 Å². The Morgan fingerprint density at radius 2 is 1.88 bits per heavy atom. The van der Waals surface area contributed by atoms with Crippen molar-refractivity contribution >= 4 is 34.2 Å². The van der Waals surface area contributed by atoms with Crippen molar-refractivity contribution < 1.29 is 9.59 Å². The first-order valence-electron chi connectivity index (χ1n) is 7.79. The molecule has 0 radical (unpaired) electrons. The topological polar surface area (TPSA) is 84.0 Å². The lowest BCUT2D eigenvalue weighted by atomic mass is 9.97. The van der Waals surface area contributed by atoms with Crippen molar-refractivity contribution in [3.8, 4) is 11.4 Å². The van der Waals surface area contributed by atoms with Gasteiger partial charge in [-0.3, -0.25) is 9.59 Å². The normalized spacial score (nSPS) is 15.5. The van der Waals surface area contributed by atoms with E-state index in [-0.39, 0.29) is 18.2 Å². The van der Waals surface area contributed by atoms with E-state index in [1.54, 1.807) is 0 Å². The summed E-state index contributed by atoms with van der Waals surface area (Å²) in [5.41, 5.74) is 2.51. The zero-order valence-corrected chi connectivity index (χ0v) is 13.9. The molecule has 1 atom stereocenters. The van der Waals surface area contributed by atoms with Crippen LogP contribution in [0, 0.1) is 0 Å². The Hall–Kier alpha value is -3.06. The number of fused-ring (bicyclic) bond motifs is 1. The molecule has 2 heterocycles. The van der Waals surface area contributed by atoms with E-state index in [0.29, 0.717) is 11.0 Å². The lowest BCUT2D eigenvalue weighted by molar-refractivity contribution is -0.122. The van der Waals surface area contributed by atoms with Crippen LogP contribution in [0.5, 0.6) is 0 Å². The summed E-state index contributed by atoms with van der Waals surface area (Å²) in [4.78, 5) is 28.7. The van der Waals surface area contributed by atoms with Gasteiger partial charge >= 0.3 is 0 Å². The number of aromatic nitrogens is 2. The first-order chi connectivity index (χ1) is 12.2. The molecule has 3 aromatic rings. The number of hydrogen-bond donors (Lipinski definition) is 2. The Kier molecular flexibility index (Phi) is 3.99. The molecule has 25 heavy (non-hydrogen) atoms. The molecule has 0 aliphatic carbocycles. The lowest BCUT2D eigenvalue weighted by Crippen LogP contribution is -2.20. The number of anilines is 2. The fraction of sp³-hybridized carbons (Fsp3) is 0.111. The smallest absolute Gasteiger partial charge is 0.232 e. The number of rotatable bonds is 4. The van der Waals surface area contributed by atoms with Crippen LogP contribution in [0.25, 0.3) is 11.4 Å². The highest BCUT2D eigenvalue weighted by atomic mass is 32.1. The van der Waals surface area contributed by atoms with Crippen molar-refractivity contribution in [3.05, 3.63) is 60.2 Å². The zero-order chi connectivity index (χ0) is 17.2. The molecule has 2 aromatic carbocycles. The Morgan fingerprint density at radius 3 is 2.72 bits per heavy atom. The number of benzene rings is 2. The summed E-state index contributed by atoms with van der Waals surface area (Å²) >= 11 is 1.12. The number of nitrogens with zero attached hydrogens (tertiary/aromatic N) is 2. The summed E-state index contributed by atoms with van der Waals surface area (Å²) in [6, 6.07) is 17.0. The van der Waals surface area contributed by atoms with Gasteiger partial charge < -0.3 is 10.6 Å². The predicted molar refractivity (Wildman–Crippen MR) is 96.4 cm³/mol. The highest BCUT2D eigenvalue weighted by Crippen LogP contribution is 2.34. The molecule has 0 saturated carbocycles. The van der Waals surface area contributed by atoms with E-state index < -0.39 is 5.92 Å². The molecule has 0 fully saturated rings. The van der Waals surface area contributed by atoms with Crippen LogP contribution in [-0.2, 0) is 9.59 Å². The van der Waals surface area contributed by atoms with Gasteiger partial charge in [-0.25, -0.2) is 0 Å². The van der Waals surface area contributed by atoms with Crippen LogP contribution < -0.4 is 10.6 Å². The standard InChI is InChI=1S/C18H14N4O2S/c23-15(10-13-12-8-4-5-9-14(12)19-17(13)24)20-18-21-16(22-25-18)11-6-2-1-3-7-11/h1-9,13H,10H2,(H,19,24)(H,20,21,22,23). The van der Waals surface area contributed by atoms with E-state index in [4.69, 9.17) is 0 Å². The fourth-order valence-electron chi connectivity index (χ4n) is 2.81. The van der Waals surface area contributed by atoms with E-state index in [2.05, 4.69) is 20.0 Å². The molecular weight excluding hydrogens is 336 g/mol. The third-order valence-electron chi connectivity index (χ3n) is 4.00. The Morgan fingerprint density at radius 1 is 1.12 bits per heavy atom. The largest absolute Gasteiger partial charge is 0.325 e. The first kappa shape index (κ1) is 15.5. The maximum atomic E-state index is 12.3. The molecule has 1 unspecified atom stereocenters. The van der Waals surface area contributed by atoms with E-state index in [0.717, 1.165) is 28.3 Å². The highest BCUT2D eigenvalue weighted by molar-refractivity contribution is 7.10. The Labute approximate surface area is 148 Å². The van der Waals surface area contributed by atoms with Gasteiger partial charge in [-0.1, -0.05) is 48.5 Å². The second-order valence-corrected chi connectivity index (χ2v) is 6.42. The summed E-state index contributed by atoms with van der Waals surface area (Å²) in [7, 11) is 0. The van der Waals surface area contributed by atoms with Crippen molar-refractivity contribution in [2.24, 2.45) is 0 Å². The van der Waals surface area contributed by atoms with Gasteiger partial charge in [0.1, 0.15) is 0 Å². The molecule has 2 N–H and O–H groups in total. The summed E-state index contributed by atoms with van der Waals surface area (Å²) in [5, 5.41) is 5.96. The monoisotopic (exact) mass is 350 g/mol. The third kappa shape index (κ3) is 3.14. The Balaban J connectivity index is 1.45. The van der Waals surface area contributed by atoms with Crippen molar-refractivity contribution in [2.45, 2.75) is 12.3 Å². The molecule has 124 valence electrons. The fourth-order valence-corrected chi connectivity index (χ4v) is 3.42. The maximum absolute atomic E-state index is 12.3. The van der Waals surface area contributed by atoms with Crippen LogP contribution in [0.2, 0.25) is 0 Å². The molecule has 0 spiro atoms. The summed E-state index contributed by atoms with van der Waals surface area (Å²) in [6.45, 7) is 0. The Bertz CT molecular complexity index is 939. The number of para-hydroxylation sites is 1. The number of nitrogens with one attached hydrogen (secondary N) is 2. The molecule has 4 rings (SSSR count). The van der Waals surface area contributed by atoms with E-state index in [1.165, 1.54) is 0 Å². The van der Waals surface area contributed by atoms with Crippen LogP contribution in [0.3, 0.4) is 0 Å². The van der Waals surface area contributed by atoms with Crippen molar-refractivity contribution in [1.82, 2.24) is 9.36 Å². The minimum absolute atomic E-state index is 0.0725. The van der Waals surface area contributed by atoms with Gasteiger partial charge in [0.2, 0.25) is 16.9 Å². The summed E-state index contributed by atoms with van der Waals surface area (Å²) in [6.07, 6.45) is 0.0725. The van der Waals surface area contributed by atoms with Gasteiger partial charge in [-0.2, -0.15) is 9.36 Å². The number of amides is 2. The van der Waals surface area contributed by atoms with Crippen LogP contribution in [0.1, 0.15) is 17.9 Å². The maximum Gasteiger partial charge on any atom is 0.232 e. The van der Waals surface area contributed by atoms with Crippen molar-refractivity contribution in [2.75, 3.05) is 10.6 Å². The second kappa shape index (κ2) is 6.45. The van der Waals surface area contributed by atoms with Gasteiger partial charge in [0.15, 0.2) is 5.82 Å². The minimum Gasteiger partial charge on any atom is -0.325 e. The number of carbonyl (C=O) groups is 2. The van der Waals surface area contributed by atoms with Gasteiger partial charge in [0.25, 0.3) is 0 Å². The van der Waals surface area contributed by atoms with Crippen LogP contribution in [0.4, 0.5) is 10.8 Å². The zero-order valence-electron chi connectivity index (χ0n) is 13.1. The highest BCUT2D eigenvalue weighted by Gasteiger charge is 2.32. The minimum atomic E-state index is -0.474. The van der Waals surface area contributed by atoms with E-state index >= 15 is 0 Å². The molecule has 7 heteroatoms. The van der Waals surface area contributed by atoms with E-state index in [1.807, 2.05) is 54.6 Å². The first-order valence-corrected chi connectivity index (χ1v) is 8.57. The molecule has 0 saturated heterocycles. The van der Waals surface area contributed by atoms with Crippen LogP contribution in [-0.4, -0.2) is 21.2 Å². The van der Waals surface area contributed by atoms with Crippen LogP contribution in [0.15, 0.2) is 54.6 Å². The number of carbonyl (C=O) groups excluding carboxylic acids is 2. The molecule has 1 aliphatic heterocycles. The molecule has 0 bridgehead atoms. The van der Waals surface area contributed by atoms with Gasteiger partial charge in [-0.15, -0.1) is 0 Å². The summed E-state index contributed by atoms with van der Waals surface area (Å²) < 4.78 is 4.26. The molecule has 1 aromatic heterocycles. The molecule has 1 aliphatic rings. The van der Waals surface area contributed by atoms with Crippen LogP contribution >= 0.6 is 11.5 Å². The van der Waals surface area contributed by atoms with Crippen molar-refractivity contribution in [3.63, 3.8) is 0 Å². The lowest BCUT2D eigenvalue weighted by Gasteiger charge is -2.07. The summed E-state index contributed by atoms with van der Waals surface area (Å²) in [5.74, 6) is -0.311. The SMILES string of the molecule is O=C(CC1C(=O)Nc2ccccc21)Nc1nc(-c2ccccc2)ns1. The molecule has 2 amide bonds. The third-order valence-corrected chi connectivity index (χ3v) is 4.63. The van der Waals surface area contributed by atoms with Gasteiger partial charge in [0, 0.05) is 29.2 Å². The second-order valence-electron chi connectivity index (χ2n) is 5.67. The average Bonchev–Trinajstić information content (AvgIpc) is 3.21. The molecular formula is C18H14N4O2S. The quantitative estimate of drug-likeness (QED) is 0.756. The van der Waals surface area contributed by atoms with E-state index in [9.17, 15) is 9.59 Å². The van der Waals surface area contributed by atoms with Gasteiger partial charge in [-0.05, 0) is 11.6 Å².